The van der Waals surface area contributed by atoms with E-state index in [0.717, 1.165) is 6.42 Å². The van der Waals surface area contributed by atoms with E-state index in [1.54, 1.807) is 0 Å². The number of rotatable bonds is 7. The first kappa shape index (κ1) is 10.4. The number of carbonyl (C=O) groups is 1. The molecule has 0 aliphatic carbocycles. The zero-order chi connectivity index (χ0) is 8.53. The van der Waals surface area contributed by atoms with Crippen molar-refractivity contribution >= 4 is 5.97 Å². The van der Waals surface area contributed by atoms with E-state index in [2.05, 4.69) is 0 Å². The first-order chi connectivity index (χ1) is 5.27. The zero-order valence-corrected chi connectivity index (χ0v) is 6.58. The molecule has 4 heteroatoms. The highest BCUT2D eigenvalue weighted by molar-refractivity contribution is 5.66. The van der Waals surface area contributed by atoms with Crippen molar-refractivity contribution in [2.24, 2.45) is 5.73 Å². The lowest BCUT2D eigenvalue weighted by Crippen LogP contribution is -2.06. The van der Waals surface area contributed by atoms with Crippen molar-refractivity contribution in [3.8, 4) is 0 Å². The average Bonchev–Trinajstić information content (AvgIpc) is 1.96. The Kier molecular flexibility index (Phi) is 7.08. The summed E-state index contributed by atoms with van der Waals surface area (Å²) in [5.74, 6) is -0.771. The quantitative estimate of drug-likeness (QED) is 0.524. The van der Waals surface area contributed by atoms with E-state index < -0.39 is 5.97 Å². The maximum atomic E-state index is 10.0. The molecule has 0 saturated heterocycles. The van der Waals surface area contributed by atoms with Gasteiger partial charge in [-0.05, 0) is 19.4 Å². The lowest BCUT2D eigenvalue weighted by Gasteiger charge is -2.00. The number of hydrogen-bond acceptors (Lipinski definition) is 3. The molecule has 0 fully saturated rings. The van der Waals surface area contributed by atoms with E-state index in [9.17, 15) is 4.79 Å². The molecule has 0 aromatic heterocycles. The van der Waals surface area contributed by atoms with Gasteiger partial charge in [-0.2, -0.15) is 0 Å². The van der Waals surface area contributed by atoms with Crippen LogP contribution in [0.4, 0.5) is 0 Å². The van der Waals surface area contributed by atoms with Crippen LogP contribution in [0.25, 0.3) is 0 Å². The van der Waals surface area contributed by atoms with Crippen LogP contribution in [-0.2, 0) is 9.53 Å². The van der Waals surface area contributed by atoms with Crippen LogP contribution in [0, 0.1) is 0 Å². The Morgan fingerprint density at radius 3 is 2.55 bits per heavy atom. The number of carboxylic acid groups (broad SMARTS) is 1. The summed E-state index contributed by atoms with van der Waals surface area (Å²) in [6.07, 6.45) is 1.61. The lowest BCUT2D eigenvalue weighted by molar-refractivity contribution is -0.137. The van der Waals surface area contributed by atoms with Crippen molar-refractivity contribution in [3.05, 3.63) is 0 Å². The van der Waals surface area contributed by atoms with Crippen LogP contribution in [0.3, 0.4) is 0 Å². The van der Waals surface area contributed by atoms with Crippen molar-refractivity contribution in [3.63, 3.8) is 0 Å². The largest absolute Gasteiger partial charge is 0.481 e. The monoisotopic (exact) mass is 161 g/mol. The minimum atomic E-state index is -0.771. The molecule has 11 heavy (non-hydrogen) atoms. The van der Waals surface area contributed by atoms with Crippen LogP contribution in [0.1, 0.15) is 19.3 Å². The molecule has 3 N–H and O–H groups in total. The van der Waals surface area contributed by atoms with Gasteiger partial charge in [0.25, 0.3) is 0 Å². The number of nitrogens with two attached hydrogens (primary N) is 1. The van der Waals surface area contributed by atoms with Crippen molar-refractivity contribution < 1.29 is 14.6 Å². The first-order valence-corrected chi connectivity index (χ1v) is 3.77. The van der Waals surface area contributed by atoms with Crippen molar-refractivity contribution in [1.82, 2.24) is 0 Å². The minimum Gasteiger partial charge on any atom is -0.481 e. The van der Waals surface area contributed by atoms with Crippen molar-refractivity contribution in [2.45, 2.75) is 19.3 Å². The standard InChI is InChI=1S/C7H15NO3/c8-4-2-6-11-5-1-3-7(9)10/h1-6,8H2,(H,9,10). The van der Waals surface area contributed by atoms with Crippen LogP contribution in [0.2, 0.25) is 0 Å². The molecule has 0 heterocycles. The molecule has 4 nitrogen and oxygen atoms in total. The molecular formula is C7H15NO3. The number of carboxylic acids is 1. The number of hydrogen-bond donors (Lipinski definition) is 2. The zero-order valence-electron chi connectivity index (χ0n) is 6.58. The van der Waals surface area contributed by atoms with E-state index >= 15 is 0 Å². The van der Waals surface area contributed by atoms with Crippen LogP contribution in [0.5, 0.6) is 0 Å². The maximum Gasteiger partial charge on any atom is 0.303 e. The predicted octanol–water partition coefficient (Wildman–Crippen LogP) is 0.217. The van der Waals surface area contributed by atoms with E-state index in [1.165, 1.54) is 0 Å². The molecule has 0 radical (unpaired) electrons. The Balaban J connectivity index is 2.85. The third-order valence-corrected chi connectivity index (χ3v) is 1.17. The third-order valence-electron chi connectivity index (χ3n) is 1.17. The normalized spacial score (nSPS) is 9.91. The Hall–Kier alpha value is -0.610. The van der Waals surface area contributed by atoms with Crippen LogP contribution in [-0.4, -0.2) is 30.8 Å². The molecule has 0 atom stereocenters. The molecule has 0 rings (SSSR count). The molecule has 0 unspecified atom stereocenters. The Morgan fingerprint density at radius 2 is 2.00 bits per heavy atom. The molecule has 0 amide bonds. The van der Waals surface area contributed by atoms with Crippen molar-refractivity contribution in [2.75, 3.05) is 19.8 Å². The first-order valence-electron chi connectivity index (χ1n) is 3.77. The third kappa shape index (κ3) is 9.39. The highest BCUT2D eigenvalue weighted by Crippen LogP contribution is 1.90. The summed E-state index contributed by atoms with van der Waals surface area (Å²) in [5, 5.41) is 8.24. The molecule has 0 saturated carbocycles. The second kappa shape index (κ2) is 7.50. The van der Waals surface area contributed by atoms with Gasteiger partial charge in [0.15, 0.2) is 0 Å². The fourth-order valence-corrected chi connectivity index (χ4v) is 0.613. The van der Waals surface area contributed by atoms with Crippen LogP contribution in [0.15, 0.2) is 0 Å². The van der Waals surface area contributed by atoms with E-state index in [-0.39, 0.29) is 6.42 Å². The molecule has 0 aliphatic rings. The van der Waals surface area contributed by atoms with Gasteiger partial charge in [-0.25, -0.2) is 0 Å². The second-order valence-electron chi connectivity index (χ2n) is 2.25. The summed E-state index contributed by atoms with van der Waals surface area (Å²) in [6, 6.07) is 0. The minimum absolute atomic E-state index is 0.183. The van der Waals surface area contributed by atoms with E-state index in [0.29, 0.717) is 26.2 Å². The summed E-state index contributed by atoms with van der Waals surface area (Å²) < 4.78 is 5.08. The highest BCUT2D eigenvalue weighted by Gasteiger charge is 1.95. The van der Waals surface area contributed by atoms with Gasteiger partial charge in [0, 0.05) is 19.6 Å². The topological polar surface area (TPSA) is 72.5 Å². The lowest BCUT2D eigenvalue weighted by atomic mass is 10.3. The summed E-state index contributed by atoms with van der Waals surface area (Å²) in [4.78, 5) is 10.0. The Labute approximate surface area is 66.3 Å². The predicted molar refractivity (Wildman–Crippen MR) is 41.4 cm³/mol. The molecule has 0 aliphatic heterocycles. The second-order valence-corrected chi connectivity index (χ2v) is 2.25. The molecule has 0 aromatic carbocycles. The Bertz CT molecular complexity index is 106. The smallest absolute Gasteiger partial charge is 0.303 e. The van der Waals surface area contributed by atoms with Gasteiger partial charge in [0.05, 0.1) is 0 Å². The van der Waals surface area contributed by atoms with Gasteiger partial charge < -0.3 is 15.6 Å². The van der Waals surface area contributed by atoms with Gasteiger partial charge >= 0.3 is 5.97 Å². The van der Waals surface area contributed by atoms with Crippen LogP contribution < -0.4 is 5.73 Å². The van der Waals surface area contributed by atoms with Gasteiger partial charge in [-0.15, -0.1) is 0 Å². The average molecular weight is 161 g/mol. The van der Waals surface area contributed by atoms with Crippen LogP contribution >= 0.6 is 0 Å². The SMILES string of the molecule is NCCCOCCCC(=O)O. The molecule has 66 valence electrons. The van der Waals surface area contributed by atoms with Gasteiger partial charge in [0.2, 0.25) is 0 Å². The molecule has 0 bridgehead atoms. The number of aliphatic carboxylic acids is 1. The fourth-order valence-electron chi connectivity index (χ4n) is 0.613. The molecular weight excluding hydrogens is 146 g/mol. The van der Waals surface area contributed by atoms with Gasteiger partial charge in [-0.1, -0.05) is 0 Å². The van der Waals surface area contributed by atoms with Gasteiger partial charge in [-0.3, -0.25) is 4.79 Å². The van der Waals surface area contributed by atoms with E-state index in [1.807, 2.05) is 0 Å². The summed E-state index contributed by atoms with van der Waals surface area (Å²) >= 11 is 0. The van der Waals surface area contributed by atoms with E-state index in [4.69, 9.17) is 15.6 Å². The van der Waals surface area contributed by atoms with Crippen molar-refractivity contribution in [1.29, 1.82) is 0 Å². The Morgan fingerprint density at radius 1 is 1.36 bits per heavy atom. The summed E-state index contributed by atoms with van der Waals surface area (Å²) in [6.45, 7) is 1.78. The molecule has 0 spiro atoms. The summed E-state index contributed by atoms with van der Waals surface area (Å²) in [5.41, 5.74) is 5.22. The fraction of sp³-hybridized carbons (Fsp3) is 0.857. The summed E-state index contributed by atoms with van der Waals surface area (Å²) in [7, 11) is 0. The maximum absolute atomic E-state index is 10.0. The number of ether oxygens (including phenoxy) is 1. The molecule has 0 aromatic rings. The van der Waals surface area contributed by atoms with Gasteiger partial charge in [0.1, 0.15) is 0 Å². The highest BCUT2D eigenvalue weighted by atomic mass is 16.5.